The summed E-state index contributed by atoms with van der Waals surface area (Å²) in [6, 6.07) is 12.5. The average Bonchev–Trinajstić information content (AvgIpc) is 3.13. The number of anilines is 1. The van der Waals surface area contributed by atoms with E-state index in [1.165, 1.54) is 24.8 Å². The summed E-state index contributed by atoms with van der Waals surface area (Å²) in [4.78, 5) is 15.4. The summed E-state index contributed by atoms with van der Waals surface area (Å²) in [7, 11) is 0. The Morgan fingerprint density at radius 2 is 1.81 bits per heavy atom. The van der Waals surface area contributed by atoms with Crippen molar-refractivity contribution in [3.63, 3.8) is 0 Å². The molecule has 2 aliphatic rings. The van der Waals surface area contributed by atoms with E-state index in [0.717, 1.165) is 18.5 Å². The van der Waals surface area contributed by atoms with Crippen molar-refractivity contribution in [2.45, 2.75) is 44.7 Å². The van der Waals surface area contributed by atoms with Crippen LogP contribution in [0.3, 0.4) is 0 Å². The monoisotopic (exact) mass is 390 g/mol. The molecule has 4 rings (SSSR count). The molecule has 2 N–H and O–H groups in total. The Bertz CT molecular complexity index is 692. The molecule has 2 unspecified atom stereocenters. The second-order valence-electron chi connectivity index (χ2n) is 7.59. The van der Waals surface area contributed by atoms with Gasteiger partial charge in [0.05, 0.1) is 6.54 Å². The van der Waals surface area contributed by atoms with Gasteiger partial charge in [0.25, 0.3) is 0 Å². The van der Waals surface area contributed by atoms with Crippen LogP contribution < -0.4 is 10.6 Å². The summed E-state index contributed by atoms with van der Waals surface area (Å²) in [6.45, 7) is 0.657. The highest BCUT2D eigenvalue weighted by molar-refractivity contribution is 7.07. The van der Waals surface area contributed by atoms with Gasteiger partial charge in [-0.1, -0.05) is 24.6 Å². The van der Waals surface area contributed by atoms with Crippen LogP contribution in [0.5, 0.6) is 0 Å². The molecule has 0 aliphatic heterocycles. The number of para-hydroxylation sites is 1. The first-order valence-corrected chi connectivity index (χ1v) is 10.3. The number of hydrogen-bond acceptors (Lipinski definition) is 3. The largest absolute Gasteiger partial charge is 0.327 e. The van der Waals surface area contributed by atoms with Gasteiger partial charge >= 0.3 is 0 Å². The van der Waals surface area contributed by atoms with E-state index in [4.69, 9.17) is 5.73 Å². The number of amides is 1. The predicted octanol–water partition coefficient (Wildman–Crippen LogP) is 4.86. The fraction of sp³-hybridized carbons (Fsp3) is 0.476. The molecule has 140 valence electrons. The Balaban J connectivity index is 0.00000196. The third kappa shape index (κ3) is 3.98. The Morgan fingerprint density at radius 3 is 2.42 bits per heavy atom. The molecule has 26 heavy (non-hydrogen) atoms. The quantitative estimate of drug-likeness (QED) is 0.810. The molecule has 2 atom stereocenters. The molecule has 3 nitrogen and oxygen atoms in total. The summed E-state index contributed by atoms with van der Waals surface area (Å²) in [6.07, 6.45) is 5.59. The third-order valence-corrected chi connectivity index (χ3v) is 6.75. The van der Waals surface area contributed by atoms with E-state index in [2.05, 4.69) is 16.8 Å². The Labute approximate surface area is 166 Å². The molecule has 1 aromatic carbocycles. The van der Waals surface area contributed by atoms with Crippen molar-refractivity contribution in [2.24, 2.45) is 23.5 Å². The van der Waals surface area contributed by atoms with Crippen LogP contribution >= 0.6 is 23.7 Å². The van der Waals surface area contributed by atoms with Crippen LogP contribution in [0, 0.1) is 17.8 Å². The first kappa shape index (κ1) is 19.4. The number of carbonyl (C=O) groups is 1. The van der Waals surface area contributed by atoms with Crippen molar-refractivity contribution >= 4 is 35.3 Å². The van der Waals surface area contributed by atoms with Gasteiger partial charge in [-0.2, -0.15) is 11.3 Å². The molecule has 5 heteroatoms. The zero-order chi connectivity index (χ0) is 17.2. The standard InChI is InChI=1S/C21H26N2OS.ClH/c22-20-16-5-4-6-17(20)12-18(11-16)21(24)23(13-15-9-10-25-14-15)19-7-2-1-3-8-19;/h1-3,7-10,14,16-18,20H,4-6,11-13,22H2;1H. The first-order valence-electron chi connectivity index (χ1n) is 9.35. The average molecular weight is 391 g/mol. The third-order valence-electron chi connectivity index (χ3n) is 6.02. The predicted molar refractivity (Wildman–Crippen MR) is 111 cm³/mol. The second kappa shape index (κ2) is 8.55. The van der Waals surface area contributed by atoms with Crippen LogP contribution in [-0.2, 0) is 11.3 Å². The number of hydrogen-bond donors (Lipinski definition) is 1. The van der Waals surface area contributed by atoms with Crippen LogP contribution in [-0.4, -0.2) is 11.9 Å². The number of carbonyl (C=O) groups excluding carboxylic acids is 1. The van der Waals surface area contributed by atoms with Crippen molar-refractivity contribution < 1.29 is 4.79 Å². The molecule has 2 saturated carbocycles. The number of nitrogens with zero attached hydrogens (tertiary/aromatic N) is 1. The summed E-state index contributed by atoms with van der Waals surface area (Å²) in [5, 5.41) is 4.21. The molecule has 2 fully saturated rings. The van der Waals surface area contributed by atoms with E-state index in [1.54, 1.807) is 11.3 Å². The van der Waals surface area contributed by atoms with Crippen molar-refractivity contribution in [1.82, 2.24) is 0 Å². The molecular weight excluding hydrogens is 364 g/mol. The maximum absolute atomic E-state index is 13.5. The maximum Gasteiger partial charge on any atom is 0.230 e. The number of thiophene rings is 1. The maximum atomic E-state index is 13.5. The minimum absolute atomic E-state index is 0. The second-order valence-corrected chi connectivity index (χ2v) is 8.37. The number of nitrogens with two attached hydrogens (primary N) is 1. The lowest BCUT2D eigenvalue weighted by Gasteiger charge is -2.44. The molecular formula is C21H27ClN2OS. The minimum atomic E-state index is 0. The van der Waals surface area contributed by atoms with Crippen LogP contribution in [0.25, 0.3) is 0 Å². The van der Waals surface area contributed by atoms with E-state index in [9.17, 15) is 4.79 Å². The van der Waals surface area contributed by atoms with Crippen LogP contribution in [0.15, 0.2) is 47.2 Å². The van der Waals surface area contributed by atoms with Gasteiger partial charge in [-0.05, 0) is 72.0 Å². The van der Waals surface area contributed by atoms with E-state index in [-0.39, 0.29) is 24.2 Å². The lowest BCUT2D eigenvalue weighted by atomic mass is 9.65. The molecule has 2 aliphatic carbocycles. The number of rotatable bonds is 4. The zero-order valence-electron chi connectivity index (χ0n) is 14.9. The zero-order valence-corrected chi connectivity index (χ0v) is 16.6. The fourth-order valence-corrected chi connectivity index (χ4v) is 5.34. The SMILES string of the molecule is Cl.NC1C2CCCC1CC(C(=O)N(Cc1ccsc1)c1ccccc1)C2. The smallest absolute Gasteiger partial charge is 0.230 e. The molecule has 1 heterocycles. The highest BCUT2D eigenvalue weighted by Gasteiger charge is 2.41. The number of halogens is 1. The van der Waals surface area contributed by atoms with E-state index in [1.807, 2.05) is 35.2 Å². The molecule has 0 spiro atoms. The van der Waals surface area contributed by atoms with E-state index < -0.39 is 0 Å². The van der Waals surface area contributed by atoms with E-state index in [0.29, 0.717) is 24.4 Å². The van der Waals surface area contributed by atoms with Crippen LogP contribution in [0.4, 0.5) is 5.69 Å². The molecule has 1 amide bonds. The van der Waals surface area contributed by atoms with Gasteiger partial charge in [0.15, 0.2) is 0 Å². The molecule has 0 radical (unpaired) electrons. The lowest BCUT2D eigenvalue weighted by Crippen LogP contribution is -2.49. The lowest BCUT2D eigenvalue weighted by molar-refractivity contribution is -0.125. The number of benzene rings is 1. The molecule has 1 aromatic heterocycles. The number of fused-ring (bicyclic) bond motifs is 2. The van der Waals surface area contributed by atoms with Gasteiger partial charge in [0.2, 0.25) is 5.91 Å². The van der Waals surface area contributed by atoms with Gasteiger partial charge in [-0.15, -0.1) is 12.4 Å². The van der Waals surface area contributed by atoms with Gasteiger partial charge in [-0.3, -0.25) is 4.79 Å². The topological polar surface area (TPSA) is 46.3 Å². The van der Waals surface area contributed by atoms with Crippen molar-refractivity contribution in [3.8, 4) is 0 Å². The van der Waals surface area contributed by atoms with Crippen molar-refractivity contribution in [2.75, 3.05) is 4.90 Å². The Kier molecular flexibility index (Phi) is 6.38. The van der Waals surface area contributed by atoms with Gasteiger partial charge in [0, 0.05) is 17.6 Å². The Morgan fingerprint density at radius 1 is 1.12 bits per heavy atom. The minimum Gasteiger partial charge on any atom is -0.327 e. The highest BCUT2D eigenvalue weighted by Crippen LogP contribution is 2.42. The Hall–Kier alpha value is -1.36. The van der Waals surface area contributed by atoms with Crippen molar-refractivity contribution in [3.05, 3.63) is 52.7 Å². The fourth-order valence-electron chi connectivity index (χ4n) is 4.68. The summed E-state index contributed by atoms with van der Waals surface area (Å²) in [5.74, 6) is 1.45. The molecule has 0 saturated heterocycles. The summed E-state index contributed by atoms with van der Waals surface area (Å²) in [5.41, 5.74) is 8.62. The molecule has 2 aromatic rings. The highest BCUT2D eigenvalue weighted by atomic mass is 35.5. The van der Waals surface area contributed by atoms with Gasteiger partial charge in [0.1, 0.15) is 0 Å². The summed E-state index contributed by atoms with van der Waals surface area (Å²) < 4.78 is 0. The van der Waals surface area contributed by atoms with Crippen LogP contribution in [0.2, 0.25) is 0 Å². The first-order chi connectivity index (χ1) is 12.2. The normalized spacial score (nSPS) is 27.4. The summed E-state index contributed by atoms with van der Waals surface area (Å²) >= 11 is 1.68. The van der Waals surface area contributed by atoms with Crippen molar-refractivity contribution in [1.29, 1.82) is 0 Å². The molecule has 2 bridgehead atoms. The van der Waals surface area contributed by atoms with Gasteiger partial charge in [-0.25, -0.2) is 0 Å². The van der Waals surface area contributed by atoms with Crippen LogP contribution in [0.1, 0.15) is 37.7 Å². The van der Waals surface area contributed by atoms with Gasteiger partial charge < -0.3 is 10.6 Å². The van der Waals surface area contributed by atoms with E-state index >= 15 is 0 Å².